The van der Waals surface area contributed by atoms with Crippen LogP contribution in [0, 0.1) is 6.92 Å². The van der Waals surface area contributed by atoms with Gasteiger partial charge < -0.3 is 4.90 Å². The molecule has 3 heterocycles. The minimum Gasteiger partial charge on any atom is -0.336 e. The lowest BCUT2D eigenvalue weighted by atomic mass is 10.1. The zero-order chi connectivity index (χ0) is 21.2. The van der Waals surface area contributed by atoms with Gasteiger partial charge in [0, 0.05) is 38.1 Å². The van der Waals surface area contributed by atoms with Crippen molar-refractivity contribution in [3.05, 3.63) is 88.8 Å². The number of benzene rings is 2. The van der Waals surface area contributed by atoms with Gasteiger partial charge in [0.25, 0.3) is 5.91 Å². The first-order valence-corrected chi connectivity index (χ1v) is 11.6. The predicted octanol–water partition coefficient (Wildman–Crippen LogP) is 5.23. The molecule has 4 nitrogen and oxygen atoms in total. The molecule has 5 heteroatoms. The van der Waals surface area contributed by atoms with E-state index in [1.165, 1.54) is 11.1 Å². The predicted molar refractivity (Wildman–Crippen MR) is 127 cm³/mol. The summed E-state index contributed by atoms with van der Waals surface area (Å²) in [7, 11) is 0. The van der Waals surface area contributed by atoms with Crippen LogP contribution in [-0.2, 0) is 6.54 Å². The van der Waals surface area contributed by atoms with E-state index < -0.39 is 0 Å². The molecular weight excluding hydrogens is 402 g/mol. The van der Waals surface area contributed by atoms with Gasteiger partial charge in [-0.3, -0.25) is 9.69 Å². The van der Waals surface area contributed by atoms with Gasteiger partial charge in [0.1, 0.15) is 0 Å². The van der Waals surface area contributed by atoms with Crippen molar-refractivity contribution in [2.45, 2.75) is 13.5 Å². The van der Waals surface area contributed by atoms with Crippen LogP contribution in [0.1, 0.15) is 21.5 Å². The fraction of sp³-hybridized carbons (Fsp3) is 0.231. The normalized spacial score (nSPS) is 14.8. The van der Waals surface area contributed by atoms with Crippen LogP contribution in [0.25, 0.3) is 21.5 Å². The van der Waals surface area contributed by atoms with E-state index in [4.69, 9.17) is 4.98 Å². The Morgan fingerprint density at radius 1 is 0.968 bits per heavy atom. The van der Waals surface area contributed by atoms with E-state index in [0.717, 1.165) is 59.8 Å². The van der Waals surface area contributed by atoms with Crippen LogP contribution in [0.2, 0.25) is 0 Å². The van der Waals surface area contributed by atoms with E-state index in [-0.39, 0.29) is 5.91 Å². The summed E-state index contributed by atoms with van der Waals surface area (Å²) >= 11 is 1.65. The highest BCUT2D eigenvalue weighted by Crippen LogP contribution is 2.28. The van der Waals surface area contributed by atoms with Crippen molar-refractivity contribution >= 4 is 28.1 Å². The Morgan fingerprint density at radius 2 is 1.74 bits per heavy atom. The van der Waals surface area contributed by atoms with Gasteiger partial charge in [-0.05, 0) is 36.1 Å². The Balaban J connectivity index is 1.35. The number of hydrogen-bond donors (Lipinski definition) is 0. The number of carbonyl (C=O) groups excluding carboxylic acids is 1. The van der Waals surface area contributed by atoms with Crippen molar-refractivity contribution in [1.29, 1.82) is 0 Å². The van der Waals surface area contributed by atoms with Gasteiger partial charge >= 0.3 is 0 Å². The molecule has 0 aliphatic carbocycles. The highest BCUT2D eigenvalue weighted by atomic mass is 32.1. The summed E-state index contributed by atoms with van der Waals surface area (Å²) in [5, 5.41) is 2.97. The fourth-order valence-electron chi connectivity index (χ4n) is 4.13. The first-order chi connectivity index (χ1) is 15.2. The molecule has 2 aromatic carbocycles. The highest BCUT2D eigenvalue weighted by molar-refractivity contribution is 7.13. The topological polar surface area (TPSA) is 36.4 Å². The standard InChI is InChI=1S/C26H25N3OS/c1-19-8-10-20(11-9-19)18-28-12-14-29(15-13-28)26(30)22-17-24(25-7-4-16-31-25)27-23-6-3-2-5-21(22)23/h2-11,16-17H,12-15,18H2,1H3. The van der Waals surface area contributed by atoms with Crippen molar-refractivity contribution in [2.75, 3.05) is 26.2 Å². The molecule has 1 aliphatic rings. The molecule has 0 bridgehead atoms. The molecule has 1 aliphatic heterocycles. The highest BCUT2D eigenvalue weighted by Gasteiger charge is 2.24. The Hall–Kier alpha value is -3.02. The quantitative estimate of drug-likeness (QED) is 0.447. The molecule has 0 spiro atoms. The molecule has 31 heavy (non-hydrogen) atoms. The number of fused-ring (bicyclic) bond motifs is 1. The maximum atomic E-state index is 13.5. The van der Waals surface area contributed by atoms with Gasteiger partial charge in [-0.25, -0.2) is 4.98 Å². The molecule has 1 saturated heterocycles. The molecule has 0 atom stereocenters. The number of carbonyl (C=O) groups is 1. The summed E-state index contributed by atoms with van der Waals surface area (Å²) in [4.78, 5) is 23.8. The van der Waals surface area contributed by atoms with Gasteiger partial charge in [-0.2, -0.15) is 0 Å². The van der Waals surface area contributed by atoms with Crippen molar-refractivity contribution in [2.24, 2.45) is 0 Å². The molecule has 5 rings (SSSR count). The third-order valence-corrected chi connectivity index (χ3v) is 6.80. The van der Waals surface area contributed by atoms with Gasteiger partial charge in [0.15, 0.2) is 0 Å². The molecule has 1 fully saturated rings. The van der Waals surface area contributed by atoms with Crippen molar-refractivity contribution in [3.8, 4) is 10.6 Å². The second kappa shape index (κ2) is 8.61. The summed E-state index contributed by atoms with van der Waals surface area (Å²) in [6.07, 6.45) is 0. The minimum atomic E-state index is 0.103. The number of amides is 1. The number of hydrogen-bond acceptors (Lipinski definition) is 4. The van der Waals surface area contributed by atoms with E-state index in [1.54, 1.807) is 11.3 Å². The molecule has 4 aromatic rings. The van der Waals surface area contributed by atoms with Crippen LogP contribution in [0.4, 0.5) is 0 Å². The summed E-state index contributed by atoms with van der Waals surface area (Å²) in [5.74, 6) is 0.103. The number of nitrogens with zero attached hydrogens (tertiary/aromatic N) is 3. The number of aryl methyl sites for hydroxylation is 1. The molecule has 0 unspecified atom stereocenters. The smallest absolute Gasteiger partial charge is 0.254 e. The van der Waals surface area contributed by atoms with Gasteiger partial charge in [-0.15, -0.1) is 11.3 Å². The van der Waals surface area contributed by atoms with Crippen LogP contribution < -0.4 is 0 Å². The van der Waals surface area contributed by atoms with Gasteiger partial charge in [0.05, 0.1) is 21.7 Å². The van der Waals surface area contributed by atoms with Crippen molar-refractivity contribution < 1.29 is 4.79 Å². The first-order valence-electron chi connectivity index (χ1n) is 10.7. The maximum Gasteiger partial charge on any atom is 0.254 e. The molecule has 0 saturated carbocycles. The lowest BCUT2D eigenvalue weighted by molar-refractivity contribution is 0.0630. The van der Waals surface area contributed by atoms with E-state index in [1.807, 2.05) is 46.7 Å². The van der Waals surface area contributed by atoms with Crippen LogP contribution in [0.15, 0.2) is 72.1 Å². The minimum absolute atomic E-state index is 0.103. The third-order valence-electron chi connectivity index (χ3n) is 5.91. The SMILES string of the molecule is Cc1ccc(CN2CCN(C(=O)c3cc(-c4cccs4)nc4ccccc34)CC2)cc1. The zero-order valence-electron chi connectivity index (χ0n) is 17.6. The van der Waals surface area contributed by atoms with Crippen LogP contribution in [0.5, 0.6) is 0 Å². The van der Waals surface area contributed by atoms with Crippen LogP contribution >= 0.6 is 11.3 Å². The van der Waals surface area contributed by atoms with Gasteiger partial charge in [-0.1, -0.05) is 54.1 Å². The third kappa shape index (κ3) is 4.24. The molecule has 2 aromatic heterocycles. The lowest BCUT2D eigenvalue weighted by Gasteiger charge is -2.35. The Kier molecular flexibility index (Phi) is 5.53. The van der Waals surface area contributed by atoms with E-state index in [2.05, 4.69) is 42.2 Å². The van der Waals surface area contributed by atoms with Gasteiger partial charge in [0.2, 0.25) is 0 Å². The summed E-state index contributed by atoms with van der Waals surface area (Å²) in [5.41, 5.74) is 5.10. The van der Waals surface area contributed by atoms with E-state index >= 15 is 0 Å². The lowest BCUT2D eigenvalue weighted by Crippen LogP contribution is -2.48. The zero-order valence-corrected chi connectivity index (χ0v) is 18.4. The largest absolute Gasteiger partial charge is 0.336 e. The molecule has 156 valence electrons. The van der Waals surface area contributed by atoms with Crippen molar-refractivity contribution in [1.82, 2.24) is 14.8 Å². The average molecular weight is 428 g/mol. The Morgan fingerprint density at radius 3 is 2.48 bits per heavy atom. The second-order valence-corrected chi connectivity index (χ2v) is 9.05. The Bertz CT molecular complexity index is 1190. The van der Waals surface area contributed by atoms with Crippen LogP contribution in [0.3, 0.4) is 0 Å². The number of piperazine rings is 1. The van der Waals surface area contributed by atoms with Crippen molar-refractivity contribution in [3.63, 3.8) is 0 Å². The summed E-state index contributed by atoms with van der Waals surface area (Å²) in [6, 6.07) is 22.7. The number of para-hydroxylation sites is 1. The number of rotatable bonds is 4. The molecule has 0 radical (unpaired) electrons. The fourth-order valence-corrected chi connectivity index (χ4v) is 4.82. The van der Waals surface area contributed by atoms with E-state index in [0.29, 0.717) is 0 Å². The second-order valence-electron chi connectivity index (χ2n) is 8.10. The van der Waals surface area contributed by atoms with Crippen LogP contribution in [-0.4, -0.2) is 46.9 Å². The van der Waals surface area contributed by atoms with E-state index in [9.17, 15) is 4.79 Å². The number of thiophene rings is 1. The average Bonchev–Trinajstić information content (AvgIpc) is 3.35. The Labute approximate surface area is 186 Å². The summed E-state index contributed by atoms with van der Waals surface area (Å²) in [6.45, 7) is 6.32. The number of pyridine rings is 1. The molecule has 1 amide bonds. The monoisotopic (exact) mass is 427 g/mol. The molecular formula is C26H25N3OS. The first kappa shape index (κ1) is 19.9. The maximum absolute atomic E-state index is 13.5. The summed E-state index contributed by atoms with van der Waals surface area (Å²) < 4.78 is 0. The molecule has 0 N–H and O–H groups in total. The number of aromatic nitrogens is 1.